The highest BCUT2D eigenvalue weighted by molar-refractivity contribution is 5.03. The normalized spacial score (nSPS) is 19.4. The van der Waals surface area contributed by atoms with Gasteiger partial charge in [-0.3, -0.25) is 0 Å². The third-order valence-corrected chi connectivity index (χ3v) is 3.04. The van der Waals surface area contributed by atoms with Crippen molar-refractivity contribution in [2.24, 2.45) is 5.92 Å². The largest absolute Gasteiger partial charge is 0.460 e. The summed E-state index contributed by atoms with van der Waals surface area (Å²) in [6.07, 6.45) is -7.49. The van der Waals surface area contributed by atoms with E-state index in [1.54, 1.807) is 0 Å². The average molecular weight is 305 g/mol. The van der Waals surface area contributed by atoms with Gasteiger partial charge in [-0.2, -0.15) is 39.5 Å². The van der Waals surface area contributed by atoms with Crippen LogP contribution in [0.25, 0.3) is 0 Å². The van der Waals surface area contributed by atoms with E-state index in [0.717, 1.165) is 0 Å². The fraction of sp³-hybridized carbons (Fsp3) is 1.00. The first-order valence-corrected chi connectivity index (χ1v) is 5.06. The monoisotopic (exact) mass is 305 g/mol. The molecule has 0 aromatic carbocycles. The Morgan fingerprint density at radius 3 is 1.32 bits per heavy atom. The molecule has 19 heavy (non-hydrogen) atoms. The lowest BCUT2D eigenvalue weighted by atomic mass is 9.90. The molecule has 0 aromatic heterocycles. The third kappa shape index (κ3) is 2.63. The molecule has 0 aliphatic heterocycles. The Kier molecular flexibility index (Phi) is 4.85. The lowest BCUT2D eigenvalue weighted by Gasteiger charge is -2.36. The molecule has 0 unspecified atom stereocenters. The van der Waals surface area contributed by atoms with E-state index < -0.39 is 42.7 Å². The van der Waals surface area contributed by atoms with Gasteiger partial charge >= 0.3 is 23.9 Å². The summed E-state index contributed by atoms with van der Waals surface area (Å²) in [7, 11) is 0. The van der Waals surface area contributed by atoms with Gasteiger partial charge in [0, 0.05) is 5.92 Å². The van der Waals surface area contributed by atoms with Crippen molar-refractivity contribution in [2.75, 3.05) is 0 Å². The Morgan fingerprint density at radius 2 is 1.00 bits per heavy atom. The number of alkyl halides is 9. The van der Waals surface area contributed by atoms with Crippen molar-refractivity contribution in [3.05, 3.63) is 0 Å². The summed E-state index contributed by atoms with van der Waals surface area (Å²) in [4.78, 5) is 0. The maximum Gasteiger partial charge on any atom is 0.460 e. The van der Waals surface area contributed by atoms with Gasteiger partial charge in [0.25, 0.3) is 0 Å². The summed E-state index contributed by atoms with van der Waals surface area (Å²) < 4.78 is 113. The molecule has 0 amide bonds. The Bertz CT molecular complexity index is 303. The minimum atomic E-state index is -6.76. The molecule has 0 atom stereocenters. The quantitative estimate of drug-likeness (QED) is 0.746. The summed E-state index contributed by atoms with van der Waals surface area (Å²) in [5.41, 5.74) is 0. The topological polar surface area (TPSA) is 35.0 Å². The molecule has 0 heterocycles. The van der Waals surface area contributed by atoms with Crippen LogP contribution < -0.4 is 6.15 Å². The van der Waals surface area contributed by atoms with Gasteiger partial charge in [-0.25, -0.2) is 0 Å². The summed E-state index contributed by atoms with van der Waals surface area (Å²) >= 11 is 0. The van der Waals surface area contributed by atoms with Gasteiger partial charge in [-0.05, 0) is 12.8 Å². The molecule has 1 aliphatic rings. The SMILES string of the molecule is FC(F)(F)C(F)(F)C(F)(F)C(F)(F)C1CCCC1.N. The summed E-state index contributed by atoms with van der Waals surface area (Å²) in [6, 6.07) is 0. The molecule has 116 valence electrons. The number of halogens is 9. The zero-order valence-electron chi connectivity index (χ0n) is 9.51. The van der Waals surface area contributed by atoms with E-state index in [2.05, 4.69) is 0 Å². The predicted octanol–water partition coefficient (Wildman–Crippen LogP) is 4.81. The van der Waals surface area contributed by atoms with E-state index in [1.807, 2.05) is 0 Å². The maximum atomic E-state index is 13.2. The van der Waals surface area contributed by atoms with Crippen molar-refractivity contribution < 1.29 is 39.5 Å². The molecule has 0 aromatic rings. The van der Waals surface area contributed by atoms with Crippen LogP contribution in [0, 0.1) is 5.92 Å². The highest BCUT2D eigenvalue weighted by Gasteiger charge is 2.82. The van der Waals surface area contributed by atoms with Crippen LogP contribution in [0.4, 0.5) is 39.5 Å². The molecule has 0 bridgehead atoms. The van der Waals surface area contributed by atoms with Crippen molar-refractivity contribution >= 4 is 0 Å². The van der Waals surface area contributed by atoms with Crippen molar-refractivity contribution in [2.45, 2.75) is 49.6 Å². The second-order valence-corrected chi connectivity index (χ2v) is 4.25. The van der Waals surface area contributed by atoms with Gasteiger partial charge in [0.15, 0.2) is 0 Å². The van der Waals surface area contributed by atoms with Crippen LogP contribution in [0.3, 0.4) is 0 Å². The highest BCUT2D eigenvalue weighted by Crippen LogP contribution is 2.57. The van der Waals surface area contributed by atoms with Crippen LogP contribution in [-0.4, -0.2) is 23.9 Å². The average Bonchev–Trinajstić information content (AvgIpc) is 2.68. The molecule has 1 rings (SSSR count). The zero-order valence-corrected chi connectivity index (χ0v) is 9.51. The molecule has 0 saturated heterocycles. The Hall–Kier alpha value is -0.670. The molecular formula is C9H12F9N. The minimum Gasteiger partial charge on any atom is -0.344 e. The van der Waals surface area contributed by atoms with Crippen molar-refractivity contribution in [3.63, 3.8) is 0 Å². The van der Waals surface area contributed by atoms with Crippen LogP contribution >= 0.6 is 0 Å². The van der Waals surface area contributed by atoms with Gasteiger partial charge in [-0.15, -0.1) is 0 Å². The van der Waals surface area contributed by atoms with E-state index in [9.17, 15) is 39.5 Å². The van der Waals surface area contributed by atoms with Crippen LogP contribution in [0.2, 0.25) is 0 Å². The van der Waals surface area contributed by atoms with E-state index in [1.165, 1.54) is 0 Å². The van der Waals surface area contributed by atoms with Crippen LogP contribution in [-0.2, 0) is 0 Å². The molecule has 0 spiro atoms. The van der Waals surface area contributed by atoms with E-state index in [4.69, 9.17) is 0 Å². The molecular weight excluding hydrogens is 293 g/mol. The summed E-state index contributed by atoms with van der Waals surface area (Å²) in [6.45, 7) is 0. The second-order valence-electron chi connectivity index (χ2n) is 4.25. The fourth-order valence-electron chi connectivity index (χ4n) is 1.93. The minimum absolute atomic E-state index is 0. The standard InChI is InChI=1S/C9H9F9.H3N/c10-6(11,5-3-1-2-4-5)7(12,13)8(14,15)9(16,17)18;/h5H,1-4H2;1H3. The van der Waals surface area contributed by atoms with Gasteiger partial charge in [-0.1, -0.05) is 12.8 Å². The van der Waals surface area contributed by atoms with Gasteiger partial charge < -0.3 is 6.15 Å². The third-order valence-electron chi connectivity index (χ3n) is 3.04. The zero-order chi connectivity index (χ0) is 14.4. The molecule has 1 fully saturated rings. The first kappa shape index (κ1) is 18.3. The maximum absolute atomic E-state index is 13.2. The van der Waals surface area contributed by atoms with Gasteiger partial charge in [0.1, 0.15) is 0 Å². The lowest BCUT2D eigenvalue weighted by molar-refractivity contribution is -0.402. The molecule has 3 N–H and O–H groups in total. The fourth-order valence-corrected chi connectivity index (χ4v) is 1.93. The highest BCUT2D eigenvalue weighted by atomic mass is 19.4. The summed E-state index contributed by atoms with van der Waals surface area (Å²) in [5.74, 6) is -20.7. The van der Waals surface area contributed by atoms with Crippen LogP contribution in [0.15, 0.2) is 0 Å². The molecule has 1 nitrogen and oxygen atoms in total. The van der Waals surface area contributed by atoms with Crippen molar-refractivity contribution in [3.8, 4) is 0 Å². The van der Waals surface area contributed by atoms with E-state index in [-0.39, 0.29) is 19.0 Å². The lowest BCUT2D eigenvalue weighted by Crippen LogP contribution is -2.62. The number of hydrogen-bond acceptors (Lipinski definition) is 1. The molecule has 1 saturated carbocycles. The first-order valence-electron chi connectivity index (χ1n) is 5.06. The molecule has 0 radical (unpaired) electrons. The van der Waals surface area contributed by atoms with E-state index >= 15 is 0 Å². The second kappa shape index (κ2) is 5.02. The Balaban J connectivity index is 0.00000324. The molecule has 1 aliphatic carbocycles. The van der Waals surface area contributed by atoms with Crippen LogP contribution in [0.1, 0.15) is 25.7 Å². The predicted molar refractivity (Wildman–Crippen MR) is 47.9 cm³/mol. The smallest absolute Gasteiger partial charge is 0.344 e. The Labute approximate surface area is 102 Å². The summed E-state index contributed by atoms with van der Waals surface area (Å²) in [5, 5.41) is 0. The molecule has 10 heteroatoms. The van der Waals surface area contributed by atoms with Gasteiger partial charge in [0.2, 0.25) is 0 Å². The first-order chi connectivity index (χ1) is 7.86. The van der Waals surface area contributed by atoms with Crippen molar-refractivity contribution in [1.29, 1.82) is 0 Å². The Morgan fingerprint density at radius 1 is 0.632 bits per heavy atom. The van der Waals surface area contributed by atoms with Crippen molar-refractivity contribution in [1.82, 2.24) is 6.15 Å². The van der Waals surface area contributed by atoms with Crippen LogP contribution in [0.5, 0.6) is 0 Å². The number of rotatable bonds is 3. The van der Waals surface area contributed by atoms with E-state index in [0.29, 0.717) is 0 Å². The van der Waals surface area contributed by atoms with Gasteiger partial charge in [0.05, 0.1) is 0 Å². The number of hydrogen-bond donors (Lipinski definition) is 1.